The third-order valence-electron chi connectivity index (χ3n) is 5.74. The van der Waals surface area contributed by atoms with Crippen molar-refractivity contribution < 1.29 is 27.1 Å². The van der Waals surface area contributed by atoms with Crippen molar-refractivity contribution in [2.75, 3.05) is 36.1 Å². The Balaban J connectivity index is 1.58. The van der Waals surface area contributed by atoms with Gasteiger partial charge in [0.2, 0.25) is 5.88 Å². The largest absolute Gasteiger partial charge is 0.481 e. The van der Waals surface area contributed by atoms with Gasteiger partial charge in [0.25, 0.3) is 15.9 Å². The Morgan fingerprint density at radius 2 is 1.89 bits per heavy atom. The second-order valence-corrected chi connectivity index (χ2v) is 9.67. The van der Waals surface area contributed by atoms with Crippen LogP contribution in [0.25, 0.3) is 22.0 Å². The lowest BCUT2D eigenvalue weighted by atomic mass is 10.0. The summed E-state index contributed by atoms with van der Waals surface area (Å²) in [6.45, 7) is -0.133. The Hall–Kier alpha value is -4.45. The van der Waals surface area contributed by atoms with Crippen molar-refractivity contribution in [3.8, 4) is 22.8 Å². The van der Waals surface area contributed by atoms with E-state index < -0.39 is 15.8 Å². The van der Waals surface area contributed by atoms with Gasteiger partial charge in [0.05, 0.1) is 17.5 Å². The van der Waals surface area contributed by atoms with E-state index in [4.69, 9.17) is 15.2 Å². The number of amides is 1. The van der Waals surface area contributed by atoms with Crippen LogP contribution in [0.1, 0.15) is 0 Å². The van der Waals surface area contributed by atoms with E-state index in [-0.39, 0.29) is 34.8 Å². The molecule has 0 bridgehead atoms. The molecule has 184 valence electrons. The van der Waals surface area contributed by atoms with E-state index in [0.717, 1.165) is 24.3 Å². The molecule has 0 spiro atoms. The highest BCUT2D eigenvalue weighted by molar-refractivity contribution is 7.92. The zero-order valence-corrected chi connectivity index (χ0v) is 20.0. The number of anilines is 3. The number of aromatic nitrogens is 2. The molecule has 0 aliphatic carbocycles. The second kappa shape index (κ2) is 8.64. The smallest absolute Gasteiger partial charge is 0.264 e. The van der Waals surface area contributed by atoms with Gasteiger partial charge in [-0.15, -0.1) is 0 Å². The Kier molecular flexibility index (Phi) is 5.59. The van der Waals surface area contributed by atoms with Crippen molar-refractivity contribution in [2.45, 2.75) is 4.90 Å². The number of sulfonamides is 1. The summed E-state index contributed by atoms with van der Waals surface area (Å²) in [6.07, 6.45) is 1.53. The maximum absolute atomic E-state index is 13.3. The van der Waals surface area contributed by atoms with Crippen LogP contribution in [-0.4, -0.2) is 45.1 Å². The minimum atomic E-state index is -4.04. The highest BCUT2D eigenvalue weighted by Gasteiger charge is 2.28. The first-order valence-corrected chi connectivity index (χ1v) is 12.1. The summed E-state index contributed by atoms with van der Waals surface area (Å²) in [4.78, 5) is 22.0. The third-order valence-corrected chi connectivity index (χ3v) is 7.12. The summed E-state index contributed by atoms with van der Waals surface area (Å²) in [5.41, 5.74) is 8.38. The van der Waals surface area contributed by atoms with Crippen LogP contribution < -0.4 is 24.8 Å². The number of benzene rings is 2. The number of nitrogens with one attached hydrogen (secondary N) is 1. The van der Waals surface area contributed by atoms with Gasteiger partial charge in [-0.05, 0) is 48.0 Å². The zero-order valence-electron chi connectivity index (χ0n) is 19.1. The van der Waals surface area contributed by atoms with E-state index in [1.54, 1.807) is 31.3 Å². The van der Waals surface area contributed by atoms with Crippen molar-refractivity contribution in [1.29, 1.82) is 0 Å². The van der Waals surface area contributed by atoms with E-state index in [1.165, 1.54) is 18.2 Å². The zero-order chi connectivity index (χ0) is 25.6. The fourth-order valence-electron chi connectivity index (χ4n) is 3.91. The minimum Gasteiger partial charge on any atom is -0.481 e. The number of fused-ring (bicyclic) bond motifs is 3. The fourth-order valence-corrected chi connectivity index (χ4v) is 4.96. The number of nitrogens with two attached hydrogens (primary N) is 1. The summed E-state index contributed by atoms with van der Waals surface area (Å²) < 4.78 is 52.4. The number of ether oxygens (including phenoxy) is 2. The second-order valence-electron chi connectivity index (χ2n) is 7.99. The number of nitrogen functional groups attached to an aromatic ring is 1. The molecule has 1 aliphatic rings. The van der Waals surface area contributed by atoms with Crippen LogP contribution in [0, 0.1) is 5.82 Å². The number of carbonyl (C=O) groups is 1. The summed E-state index contributed by atoms with van der Waals surface area (Å²) >= 11 is 0. The number of likely N-dealkylation sites (N-methyl/N-ethyl adjacent to an activating group) is 1. The van der Waals surface area contributed by atoms with Gasteiger partial charge < -0.3 is 20.1 Å². The first-order chi connectivity index (χ1) is 17.2. The number of pyridine rings is 2. The van der Waals surface area contributed by atoms with Crippen molar-refractivity contribution >= 4 is 44.0 Å². The van der Waals surface area contributed by atoms with Crippen LogP contribution in [0.5, 0.6) is 11.6 Å². The van der Waals surface area contributed by atoms with Crippen LogP contribution in [0.3, 0.4) is 0 Å². The number of methoxy groups -OCH3 is 1. The number of carbonyl (C=O) groups excluding carboxylic acids is 1. The summed E-state index contributed by atoms with van der Waals surface area (Å²) in [5, 5.41) is 0.625. The van der Waals surface area contributed by atoms with Crippen LogP contribution >= 0.6 is 0 Å². The van der Waals surface area contributed by atoms with Gasteiger partial charge in [0.1, 0.15) is 17.2 Å². The van der Waals surface area contributed by atoms with Crippen molar-refractivity contribution in [3.05, 3.63) is 60.5 Å². The molecule has 3 N–H and O–H groups in total. The number of halogens is 1. The van der Waals surface area contributed by atoms with Crippen molar-refractivity contribution in [1.82, 2.24) is 9.97 Å². The van der Waals surface area contributed by atoms with Gasteiger partial charge >= 0.3 is 0 Å². The summed E-state index contributed by atoms with van der Waals surface area (Å²) in [5.74, 6) is -0.140. The molecular formula is C24H20FN5O5S. The molecule has 0 atom stereocenters. The molecular weight excluding hydrogens is 489 g/mol. The van der Waals surface area contributed by atoms with Crippen molar-refractivity contribution in [2.24, 2.45) is 0 Å². The average molecular weight is 510 g/mol. The molecule has 0 saturated heterocycles. The summed E-state index contributed by atoms with van der Waals surface area (Å²) in [7, 11) is -1.07. The predicted octanol–water partition coefficient (Wildman–Crippen LogP) is 3.18. The Bertz CT molecular complexity index is 1630. The molecule has 0 unspecified atom stereocenters. The molecule has 4 aromatic rings. The molecule has 12 heteroatoms. The molecule has 5 rings (SSSR count). The van der Waals surface area contributed by atoms with Crippen LogP contribution in [0.4, 0.5) is 21.6 Å². The molecule has 36 heavy (non-hydrogen) atoms. The molecule has 0 saturated carbocycles. The van der Waals surface area contributed by atoms with E-state index in [2.05, 4.69) is 14.7 Å². The first-order valence-electron chi connectivity index (χ1n) is 10.6. The minimum absolute atomic E-state index is 0.0560. The molecule has 2 aromatic carbocycles. The van der Waals surface area contributed by atoms with Crippen molar-refractivity contribution in [3.63, 3.8) is 0 Å². The third kappa shape index (κ3) is 4.01. The highest BCUT2D eigenvalue weighted by atomic mass is 32.2. The quantitative estimate of drug-likeness (QED) is 0.419. The van der Waals surface area contributed by atoms with E-state index >= 15 is 0 Å². The first kappa shape index (κ1) is 23.3. The van der Waals surface area contributed by atoms with Crippen LogP contribution in [0.2, 0.25) is 0 Å². The number of rotatable bonds is 5. The molecule has 1 aliphatic heterocycles. The lowest BCUT2D eigenvalue weighted by Crippen LogP contribution is -2.36. The normalized spacial score (nSPS) is 13.3. The average Bonchev–Trinajstić information content (AvgIpc) is 2.85. The Morgan fingerprint density at radius 1 is 1.14 bits per heavy atom. The van der Waals surface area contributed by atoms with E-state index in [1.807, 2.05) is 0 Å². The van der Waals surface area contributed by atoms with Gasteiger partial charge in [-0.1, -0.05) is 6.07 Å². The molecule has 1 amide bonds. The maximum atomic E-state index is 13.3. The topological polar surface area (TPSA) is 137 Å². The molecule has 10 nitrogen and oxygen atoms in total. The highest BCUT2D eigenvalue weighted by Crippen LogP contribution is 2.42. The SMILES string of the molecule is COc1ncc(-c2ccc3nc(N)c4c(c3c2)OCC(=O)N4C)cc1NS(=O)(=O)c1ccc(F)cc1. The van der Waals surface area contributed by atoms with Gasteiger partial charge in [-0.3, -0.25) is 9.52 Å². The van der Waals surface area contributed by atoms with Crippen LogP contribution in [-0.2, 0) is 14.8 Å². The Labute approximate surface area is 205 Å². The van der Waals surface area contributed by atoms with E-state index in [9.17, 15) is 17.6 Å². The molecule has 0 radical (unpaired) electrons. The number of hydrogen-bond acceptors (Lipinski definition) is 8. The number of hydrogen-bond donors (Lipinski definition) is 2. The van der Waals surface area contributed by atoms with E-state index in [0.29, 0.717) is 33.5 Å². The van der Waals surface area contributed by atoms with Crippen LogP contribution in [0.15, 0.2) is 59.6 Å². The fraction of sp³-hybridized carbons (Fsp3) is 0.125. The Morgan fingerprint density at radius 3 is 2.61 bits per heavy atom. The summed E-state index contributed by atoms with van der Waals surface area (Å²) in [6, 6.07) is 11.3. The molecule has 3 heterocycles. The predicted molar refractivity (Wildman–Crippen MR) is 132 cm³/mol. The monoisotopic (exact) mass is 509 g/mol. The van der Waals surface area contributed by atoms with Gasteiger partial charge in [-0.2, -0.15) is 0 Å². The lowest BCUT2D eigenvalue weighted by Gasteiger charge is -2.27. The van der Waals surface area contributed by atoms with Gasteiger partial charge in [0, 0.05) is 24.2 Å². The van der Waals surface area contributed by atoms with Gasteiger partial charge in [0.15, 0.2) is 18.2 Å². The van der Waals surface area contributed by atoms with Gasteiger partial charge in [-0.25, -0.2) is 22.8 Å². The maximum Gasteiger partial charge on any atom is 0.264 e. The molecule has 0 fully saturated rings. The lowest BCUT2D eigenvalue weighted by molar-refractivity contribution is -0.120. The standard InChI is InChI=1S/C24H20FN5O5S/c1-30-20(31)12-35-22-17-9-13(3-8-18(17)28-23(26)21(22)30)14-10-19(24(34-2)27-11-14)29-36(32,33)16-6-4-15(25)5-7-16/h3-11,29H,12H2,1-2H3,(H2,26,28). The molecule has 2 aromatic heterocycles. The number of nitrogens with zero attached hydrogens (tertiary/aromatic N) is 3.